The Hall–Kier alpha value is -3.28. The van der Waals surface area contributed by atoms with Gasteiger partial charge in [-0.15, -0.1) is 0 Å². The van der Waals surface area contributed by atoms with Gasteiger partial charge >= 0.3 is 0 Å². The van der Waals surface area contributed by atoms with Gasteiger partial charge in [0.2, 0.25) is 5.91 Å². The van der Waals surface area contributed by atoms with Crippen LogP contribution in [-0.2, 0) is 11.3 Å². The number of aryl methyl sites for hydroxylation is 1. The third kappa shape index (κ3) is 4.91. The summed E-state index contributed by atoms with van der Waals surface area (Å²) in [6.07, 6.45) is 4.39. The lowest BCUT2D eigenvalue weighted by Crippen LogP contribution is -2.20. The quantitative estimate of drug-likeness (QED) is 0.478. The van der Waals surface area contributed by atoms with Crippen LogP contribution in [0, 0.1) is 0 Å². The number of rotatable bonds is 8. The van der Waals surface area contributed by atoms with E-state index in [1.54, 1.807) is 41.2 Å². The molecular weight excluding hydrogens is 354 g/mol. The summed E-state index contributed by atoms with van der Waals surface area (Å²) in [5.41, 5.74) is 1.98. The first-order valence-corrected chi connectivity index (χ1v) is 9.39. The number of ketones is 1. The fourth-order valence-electron chi connectivity index (χ4n) is 3.02. The highest BCUT2D eigenvalue weighted by molar-refractivity contribution is 5.95. The van der Waals surface area contributed by atoms with E-state index in [1.807, 2.05) is 18.2 Å². The molecule has 1 amide bonds. The molecule has 0 aliphatic carbocycles. The average Bonchev–Trinajstić information content (AvgIpc) is 2.70. The minimum absolute atomic E-state index is 0.00130. The van der Waals surface area contributed by atoms with Crippen LogP contribution < -0.4 is 10.9 Å². The van der Waals surface area contributed by atoms with Gasteiger partial charge in [-0.3, -0.25) is 19.0 Å². The standard InChI is InChI=1S/C22H23N3O3/c1-16(26)17-10-12-18(13-11-17)24-21(27)9-3-2-6-14-25-15-23-20-8-5-4-7-19(20)22(25)28/h4-5,7-8,10-13,15H,2-3,6,9,14H2,1H3,(H,24,27). The third-order valence-electron chi connectivity index (χ3n) is 4.61. The minimum Gasteiger partial charge on any atom is -0.326 e. The van der Waals surface area contributed by atoms with Gasteiger partial charge in [-0.05, 0) is 56.2 Å². The molecule has 28 heavy (non-hydrogen) atoms. The van der Waals surface area contributed by atoms with Crippen LogP contribution in [0.1, 0.15) is 43.0 Å². The van der Waals surface area contributed by atoms with Gasteiger partial charge in [-0.1, -0.05) is 18.6 Å². The predicted molar refractivity (Wildman–Crippen MR) is 110 cm³/mol. The Kier molecular flexibility index (Phi) is 6.32. The monoisotopic (exact) mass is 377 g/mol. The summed E-state index contributed by atoms with van der Waals surface area (Å²) in [6.45, 7) is 2.10. The van der Waals surface area contributed by atoms with Crippen LogP contribution in [0.5, 0.6) is 0 Å². The summed E-state index contributed by atoms with van der Waals surface area (Å²) in [5.74, 6) is -0.0567. The van der Waals surface area contributed by atoms with Crippen molar-refractivity contribution in [1.82, 2.24) is 9.55 Å². The van der Waals surface area contributed by atoms with E-state index in [9.17, 15) is 14.4 Å². The zero-order valence-electron chi connectivity index (χ0n) is 15.9. The molecule has 6 nitrogen and oxygen atoms in total. The van der Waals surface area contributed by atoms with Crippen molar-refractivity contribution in [1.29, 1.82) is 0 Å². The van der Waals surface area contributed by atoms with Crippen molar-refractivity contribution >= 4 is 28.3 Å². The number of hydrogen-bond acceptors (Lipinski definition) is 4. The Morgan fingerprint density at radius 3 is 2.50 bits per heavy atom. The molecule has 3 rings (SSSR count). The highest BCUT2D eigenvalue weighted by Gasteiger charge is 2.05. The van der Waals surface area contributed by atoms with Crippen LogP contribution in [-0.4, -0.2) is 21.2 Å². The van der Waals surface area contributed by atoms with Crippen molar-refractivity contribution in [2.45, 2.75) is 39.2 Å². The molecule has 0 saturated heterocycles. The summed E-state index contributed by atoms with van der Waals surface area (Å²) < 4.78 is 1.62. The molecule has 0 bridgehead atoms. The van der Waals surface area contributed by atoms with E-state index < -0.39 is 0 Å². The smallest absolute Gasteiger partial charge is 0.261 e. The van der Waals surface area contributed by atoms with E-state index in [-0.39, 0.29) is 17.2 Å². The third-order valence-corrected chi connectivity index (χ3v) is 4.61. The molecular formula is C22H23N3O3. The molecule has 2 aromatic carbocycles. The molecule has 0 fully saturated rings. The molecule has 1 heterocycles. The average molecular weight is 377 g/mol. The largest absolute Gasteiger partial charge is 0.326 e. The van der Waals surface area contributed by atoms with Crippen LogP contribution in [0.3, 0.4) is 0 Å². The van der Waals surface area contributed by atoms with Crippen LogP contribution in [0.15, 0.2) is 59.7 Å². The Bertz CT molecular complexity index is 1040. The van der Waals surface area contributed by atoms with Crippen molar-refractivity contribution in [2.75, 3.05) is 5.32 Å². The van der Waals surface area contributed by atoms with Gasteiger partial charge in [0.15, 0.2) is 5.78 Å². The maximum absolute atomic E-state index is 12.4. The molecule has 1 N–H and O–H groups in total. The molecule has 0 radical (unpaired) electrons. The molecule has 0 atom stereocenters. The highest BCUT2D eigenvalue weighted by atomic mass is 16.1. The summed E-state index contributed by atoms with van der Waals surface area (Å²) in [4.78, 5) is 40.0. The lowest BCUT2D eigenvalue weighted by molar-refractivity contribution is -0.116. The topological polar surface area (TPSA) is 81.1 Å². The maximum Gasteiger partial charge on any atom is 0.261 e. The summed E-state index contributed by atoms with van der Waals surface area (Å²) >= 11 is 0. The zero-order valence-corrected chi connectivity index (χ0v) is 15.9. The number of nitrogens with zero attached hydrogens (tertiary/aromatic N) is 2. The first kappa shape index (κ1) is 19.5. The zero-order chi connectivity index (χ0) is 19.9. The number of unbranched alkanes of at least 4 members (excludes halogenated alkanes) is 2. The maximum atomic E-state index is 12.4. The van der Waals surface area contributed by atoms with Gasteiger partial charge in [0, 0.05) is 24.2 Å². The Balaban J connectivity index is 1.42. The molecule has 3 aromatic rings. The minimum atomic E-state index is -0.0555. The number of Topliss-reactive ketones (excluding diaryl/α,β-unsaturated/α-hetero) is 1. The van der Waals surface area contributed by atoms with E-state index in [0.29, 0.717) is 35.1 Å². The fraction of sp³-hybridized carbons (Fsp3) is 0.273. The Morgan fingerprint density at radius 2 is 1.75 bits per heavy atom. The Morgan fingerprint density at radius 1 is 1.00 bits per heavy atom. The number of nitrogens with one attached hydrogen (secondary N) is 1. The molecule has 0 aliphatic rings. The van der Waals surface area contributed by atoms with Crippen LogP contribution >= 0.6 is 0 Å². The van der Waals surface area contributed by atoms with Crippen molar-refractivity contribution < 1.29 is 9.59 Å². The number of aromatic nitrogens is 2. The van der Waals surface area contributed by atoms with Crippen molar-refractivity contribution in [3.05, 3.63) is 70.8 Å². The normalized spacial score (nSPS) is 10.8. The number of hydrogen-bond donors (Lipinski definition) is 1. The van der Waals surface area contributed by atoms with Gasteiger partial charge in [0.1, 0.15) is 0 Å². The second kappa shape index (κ2) is 9.08. The number of carbonyl (C=O) groups is 2. The van der Waals surface area contributed by atoms with Gasteiger partial charge in [-0.25, -0.2) is 4.98 Å². The summed E-state index contributed by atoms with van der Waals surface area (Å²) in [5, 5.41) is 3.46. The number of carbonyl (C=O) groups excluding carboxylic acids is 2. The van der Waals surface area contributed by atoms with Crippen molar-refractivity contribution in [3.63, 3.8) is 0 Å². The number of para-hydroxylation sites is 1. The molecule has 6 heteroatoms. The second-order valence-corrected chi connectivity index (χ2v) is 6.75. The van der Waals surface area contributed by atoms with Crippen molar-refractivity contribution in [3.8, 4) is 0 Å². The fourth-order valence-corrected chi connectivity index (χ4v) is 3.02. The van der Waals surface area contributed by atoms with E-state index in [0.717, 1.165) is 19.3 Å². The first-order chi connectivity index (χ1) is 13.5. The molecule has 144 valence electrons. The molecule has 1 aromatic heterocycles. The SMILES string of the molecule is CC(=O)c1ccc(NC(=O)CCCCCn2cnc3ccccc3c2=O)cc1. The highest BCUT2D eigenvalue weighted by Crippen LogP contribution is 2.11. The molecule has 0 spiro atoms. The van der Waals surface area contributed by atoms with Gasteiger partial charge < -0.3 is 5.32 Å². The molecule has 0 saturated carbocycles. The van der Waals surface area contributed by atoms with Crippen LogP contribution in [0.4, 0.5) is 5.69 Å². The predicted octanol–water partition coefficient (Wildman–Crippen LogP) is 3.80. The summed E-state index contributed by atoms with van der Waals surface area (Å²) in [6, 6.07) is 14.2. The van der Waals surface area contributed by atoms with Crippen LogP contribution in [0.2, 0.25) is 0 Å². The van der Waals surface area contributed by atoms with Crippen LogP contribution in [0.25, 0.3) is 10.9 Å². The lowest BCUT2D eigenvalue weighted by Gasteiger charge is -2.07. The molecule has 0 aliphatic heterocycles. The van der Waals surface area contributed by atoms with Gasteiger partial charge in [0.25, 0.3) is 5.56 Å². The molecule has 0 unspecified atom stereocenters. The number of amides is 1. The van der Waals surface area contributed by atoms with E-state index >= 15 is 0 Å². The van der Waals surface area contributed by atoms with Gasteiger partial charge in [0.05, 0.1) is 17.2 Å². The second-order valence-electron chi connectivity index (χ2n) is 6.75. The van der Waals surface area contributed by atoms with E-state index in [2.05, 4.69) is 10.3 Å². The number of fused-ring (bicyclic) bond motifs is 1. The Labute approximate surface area is 163 Å². The number of anilines is 1. The lowest BCUT2D eigenvalue weighted by atomic mass is 10.1. The van der Waals surface area contributed by atoms with Crippen molar-refractivity contribution in [2.24, 2.45) is 0 Å². The van der Waals surface area contributed by atoms with Gasteiger partial charge in [-0.2, -0.15) is 0 Å². The number of benzene rings is 2. The van der Waals surface area contributed by atoms with E-state index in [4.69, 9.17) is 0 Å². The summed E-state index contributed by atoms with van der Waals surface area (Å²) in [7, 11) is 0. The van der Waals surface area contributed by atoms with E-state index in [1.165, 1.54) is 6.92 Å². The first-order valence-electron chi connectivity index (χ1n) is 9.39.